The number of ether oxygens (including phenoxy) is 1. The molecule has 162 valence electrons. The van der Waals surface area contributed by atoms with E-state index in [9.17, 15) is 18.0 Å². The van der Waals surface area contributed by atoms with Crippen molar-refractivity contribution in [3.05, 3.63) is 107 Å². The second kappa shape index (κ2) is 10.4. The fourth-order valence-corrected chi connectivity index (χ4v) is 2.85. The minimum atomic E-state index is -4.51. The lowest BCUT2D eigenvalue weighted by molar-refractivity contribution is -0.138. The molecule has 0 saturated heterocycles. The van der Waals surface area contributed by atoms with Crippen LogP contribution in [-0.2, 0) is 15.7 Å². The normalized spacial score (nSPS) is 11.3. The minimum Gasteiger partial charge on any atom is -0.463 e. The molecule has 0 aliphatic rings. The summed E-state index contributed by atoms with van der Waals surface area (Å²) < 4.78 is 44.9. The lowest BCUT2D eigenvalue weighted by Crippen LogP contribution is -2.09. The summed E-state index contributed by atoms with van der Waals surface area (Å²) in [6.07, 6.45) is -3.24. The van der Waals surface area contributed by atoms with Gasteiger partial charge < -0.3 is 10.1 Å². The maximum absolute atomic E-state index is 13.3. The Bertz CT molecular complexity index is 1160. The molecule has 3 nitrogen and oxygen atoms in total. The van der Waals surface area contributed by atoms with Crippen molar-refractivity contribution in [3.8, 4) is 11.8 Å². The SMILES string of the molecule is CCOC(=O)/C=C(/Nc1ccc(C(F)(F)F)cc1C#Cc1ccccc1)c1ccccc1. The van der Waals surface area contributed by atoms with E-state index in [1.54, 1.807) is 55.5 Å². The Morgan fingerprint density at radius 3 is 2.25 bits per heavy atom. The van der Waals surface area contributed by atoms with Gasteiger partial charge in [-0.15, -0.1) is 0 Å². The summed E-state index contributed by atoms with van der Waals surface area (Å²) in [4.78, 5) is 12.1. The Balaban J connectivity index is 2.06. The first kappa shape index (κ1) is 22.7. The Kier molecular flexibility index (Phi) is 7.35. The van der Waals surface area contributed by atoms with Gasteiger partial charge in [-0.25, -0.2) is 4.79 Å². The molecule has 0 unspecified atom stereocenters. The highest BCUT2D eigenvalue weighted by atomic mass is 19.4. The maximum Gasteiger partial charge on any atom is 0.416 e. The molecule has 0 saturated carbocycles. The fraction of sp³-hybridized carbons (Fsp3) is 0.115. The molecule has 3 aromatic carbocycles. The van der Waals surface area contributed by atoms with Crippen LogP contribution >= 0.6 is 0 Å². The van der Waals surface area contributed by atoms with E-state index in [2.05, 4.69) is 17.2 Å². The summed E-state index contributed by atoms with van der Waals surface area (Å²) in [6, 6.07) is 21.2. The molecule has 0 aliphatic heterocycles. The zero-order valence-corrected chi connectivity index (χ0v) is 17.2. The van der Waals surface area contributed by atoms with Gasteiger partial charge in [-0.1, -0.05) is 60.4 Å². The predicted molar refractivity (Wildman–Crippen MR) is 119 cm³/mol. The lowest BCUT2D eigenvalue weighted by atomic mass is 10.1. The molecular formula is C26H20F3NO2. The van der Waals surface area contributed by atoms with Gasteiger partial charge in [0.25, 0.3) is 0 Å². The first-order valence-electron chi connectivity index (χ1n) is 9.86. The van der Waals surface area contributed by atoms with Crippen LogP contribution < -0.4 is 5.32 Å². The first-order chi connectivity index (χ1) is 15.4. The molecule has 0 amide bonds. The van der Waals surface area contributed by atoms with Gasteiger partial charge in [0.2, 0.25) is 0 Å². The van der Waals surface area contributed by atoms with E-state index in [4.69, 9.17) is 4.74 Å². The van der Waals surface area contributed by atoms with Crippen LogP contribution in [0.2, 0.25) is 0 Å². The topological polar surface area (TPSA) is 38.3 Å². The van der Waals surface area contributed by atoms with Crippen LogP contribution in [0, 0.1) is 11.8 Å². The summed E-state index contributed by atoms with van der Waals surface area (Å²) in [7, 11) is 0. The number of esters is 1. The van der Waals surface area contributed by atoms with Crippen molar-refractivity contribution in [2.24, 2.45) is 0 Å². The Morgan fingerprint density at radius 2 is 1.62 bits per heavy atom. The molecule has 3 aromatic rings. The number of hydrogen-bond donors (Lipinski definition) is 1. The lowest BCUT2D eigenvalue weighted by Gasteiger charge is -2.15. The summed E-state index contributed by atoms with van der Waals surface area (Å²) in [5.41, 5.74) is 1.39. The molecule has 3 rings (SSSR count). The third-order valence-corrected chi connectivity index (χ3v) is 4.37. The quantitative estimate of drug-likeness (QED) is 0.298. The number of anilines is 1. The highest BCUT2D eigenvalue weighted by Gasteiger charge is 2.31. The number of nitrogens with one attached hydrogen (secondary N) is 1. The van der Waals surface area contributed by atoms with Crippen molar-refractivity contribution >= 4 is 17.4 Å². The van der Waals surface area contributed by atoms with Crippen molar-refractivity contribution in [2.75, 3.05) is 11.9 Å². The maximum atomic E-state index is 13.3. The molecular weight excluding hydrogens is 415 g/mol. The molecule has 32 heavy (non-hydrogen) atoms. The number of alkyl halides is 3. The second-order valence-electron chi connectivity index (χ2n) is 6.68. The Morgan fingerprint density at radius 1 is 0.969 bits per heavy atom. The molecule has 6 heteroatoms. The highest BCUT2D eigenvalue weighted by Crippen LogP contribution is 2.32. The van der Waals surface area contributed by atoms with Crippen molar-refractivity contribution in [3.63, 3.8) is 0 Å². The Hall–Kier alpha value is -3.98. The molecule has 0 bridgehead atoms. The molecule has 0 aromatic heterocycles. The number of rotatable bonds is 5. The van der Waals surface area contributed by atoms with Gasteiger partial charge in [0.1, 0.15) is 0 Å². The van der Waals surface area contributed by atoms with Crippen molar-refractivity contribution in [2.45, 2.75) is 13.1 Å². The van der Waals surface area contributed by atoms with Crippen LogP contribution in [0.4, 0.5) is 18.9 Å². The van der Waals surface area contributed by atoms with Gasteiger partial charge in [0, 0.05) is 17.2 Å². The molecule has 0 spiro atoms. The largest absolute Gasteiger partial charge is 0.463 e. The zero-order valence-electron chi connectivity index (χ0n) is 17.2. The molecule has 0 fully saturated rings. The summed E-state index contributed by atoms with van der Waals surface area (Å²) in [6.45, 7) is 1.89. The number of carbonyl (C=O) groups is 1. The average Bonchev–Trinajstić information content (AvgIpc) is 2.78. The van der Waals surface area contributed by atoms with Crippen molar-refractivity contribution in [1.29, 1.82) is 0 Å². The standard InChI is InChI=1S/C26H20F3NO2/c1-2-32-25(31)18-24(20-11-7-4-8-12-20)30-23-16-15-22(26(27,28)29)17-21(23)14-13-19-9-5-3-6-10-19/h3-12,15-18,30H,2H2,1H3/b24-18+. The van der Waals surface area contributed by atoms with E-state index >= 15 is 0 Å². The molecule has 0 aliphatic carbocycles. The van der Waals surface area contributed by atoms with Crippen LogP contribution in [0.3, 0.4) is 0 Å². The van der Waals surface area contributed by atoms with Gasteiger partial charge in [-0.3, -0.25) is 0 Å². The fourth-order valence-electron chi connectivity index (χ4n) is 2.85. The van der Waals surface area contributed by atoms with E-state index in [1.165, 1.54) is 12.1 Å². The zero-order chi connectivity index (χ0) is 23.0. The van der Waals surface area contributed by atoms with Crippen LogP contribution in [-0.4, -0.2) is 12.6 Å². The van der Waals surface area contributed by atoms with Gasteiger partial charge in [-0.05, 0) is 42.8 Å². The summed E-state index contributed by atoms with van der Waals surface area (Å²) in [5, 5.41) is 3.06. The van der Waals surface area contributed by atoms with Gasteiger partial charge in [-0.2, -0.15) is 13.2 Å². The molecule has 0 radical (unpaired) electrons. The number of hydrogen-bond acceptors (Lipinski definition) is 3. The van der Waals surface area contributed by atoms with Crippen LogP contribution in [0.25, 0.3) is 5.70 Å². The van der Waals surface area contributed by atoms with E-state index in [0.717, 1.165) is 12.1 Å². The van der Waals surface area contributed by atoms with E-state index in [1.807, 2.05) is 12.1 Å². The van der Waals surface area contributed by atoms with E-state index < -0.39 is 17.7 Å². The third kappa shape index (κ3) is 6.26. The van der Waals surface area contributed by atoms with E-state index in [0.29, 0.717) is 22.5 Å². The minimum absolute atomic E-state index is 0.148. The van der Waals surface area contributed by atoms with Gasteiger partial charge in [0.15, 0.2) is 0 Å². The van der Waals surface area contributed by atoms with E-state index in [-0.39, 0.29) is 12.2 Å². The second-order valence-corrected chi connectivity index (χ2v) is 6.68. The highest BCUT2D eigenvalue weighted by molar-refractivity contribution is 5.95. The predicted octanol–water partition coefficient (Wildman–Crippen LogP) is 6.12. The smallest absolute Gasteiger partial charge is 0.416 e. The van der Waals surface area contributed by atoms with Crippen LogP contribution in [0.15, 0.2) is 84.9 Å². The average molecular weight is 435 g/mol. The summed E-state index contributed by atoms with van der Waals surface area (Å²) >= 11 is 0. The monoisotopic (exact) mass is 435 g/mol. The molecule has 0 heterocycles. The van der Waals surface area contributed by atoms with Gasteiger partial charge in [0.05, 0.1) is 23.6 Å². The van der Waals surface area contributed by atoms with Crippen molar-refractivity contribution in [1.82, 2.24) is 0 Å². The number of halogens is 3. The Labute approximate surface area is 184 Å². The summed E-state index contributed by atoms with van der Waals surface area (Å²) in [5.74, 6) is 5.14. The van der Waals surface area contributed by atoms with Gasteiger partial charge >= 0.3 is 12.1 Å². The van der Waals surface area contributed by atoms with Crippen molar-refractivity contribution < 1.29 is 22.7 Å². The molecule has 0 atom stereocenters. The van der Waals surface area contributed by atoms with Crippen LogP contribution in [0.5, 0.6) is 0 Å². The third-order valence-electron chi connectivity index (χ3n) is 4.37. The van der Waals surface area contributed by atoms with Crippen LogP contribution in [0.1, 0.15) is 29.2 Å². The molecule has 1 N–H and O–H groups in total. The first-order valence-corrected chi connectivity index (χ1v) is 9.86. The number of benzene rings is 3. The number of carbonyl (C=O) groups excluding carboxylic acids is 1.